The van der Waals surface area contributed by atoms with Crippen molar-refractivity contribution in [3.63, 3.8) is 0 Å². The van der Waals surface area contributed by atoms with Gasteiger partial charge in [-0.2, -0.15) is 0 Å². The summed E-state index contributed by atoms with van der Waals surface area (Å²) < 4.78 is 5.73. The molecule has 1 rings (SSSR count). The molecule has 1 fully saturated rings. The van der Waals surface area contributed by atoms with E-state index in [2.05, 4.69) is 5.32 Å². The number of nitrogens with one attached hydrogen (secondary N) is 1. The van der Waals surface area contributed by atoms with E-state index in [4.69, 9.17) is 10.5 Å². The maximum absolute atomic E-state index is 5.74. The molecule has 0 aromatic heterocycles. The second-order valence-corrected chi connectivity index (χ2v) is 3.42. The summed E-state index contributed by atoms with van der Waals surface area (Å²) in [4.78, 5) is 0. The molecule has 3 N–H and O–H groups in total. The third kappa shape index (κ3) is 2.44. The van der Waals surface area contributed by atoms with Crippen molar-refractivity contribution in [1.29, 1.82) is 0 Å². The first kappa shape index (κ1) is 9.96. The Morgan fingerprint density at radius 1 is 1.42 bits per heavy atom. The lowest BCUT2D eigenvalue weighted by atomic mass is 9.95. The molecular weight excluding hydrogens is 152 g/mol. The number of ether oxygens (including phenoxy) is 1. The van der Waals surface area contributed by atoms with Crippen LogP contribution in [0.15, 0.2) is 0 Å². The van der Waals surface area contributed by atoms with Crippen LogP contribution in [-0.4, -0.2) is 31.8 Å². The van der Waals surface area contributed by atoms with Crippen LogP contribution in [0.25, 0.3) is 0 Å². The minimum absolute atomic E-state index is 0.0295. The summed E-state index contributed by atoms with van der Waals surface area (Å²) in [7, 11) is 0. The minimum Gasteiger partial charge on any atom is -0.374 e. The van der Waals surface area contributed by atoms with Crippen molar-refractivity contribution in [2.45, 2.75) is 31.8 Å². The van der Waals surface area contributed by atoms with Gasteiger partial charge in [-0.3, -0.25) is 0 Å². The van der Waals surface area contributed by atoms with E-state index in [9.17, 15) is 0 Å². The third-order valence-electron chi connectivity index (χ3n) is 2.57. The molecule has 1 unspecified atom stereocenters. The Labute approximate surface area is 74.7 Å². The van der Waals surface area contributed by atoms with E-state index in [0.717, 1.165) is 32.5 Å². The molecule has 0 aromatic carbocycles. The fourth-order valence-corrected chi connectivity index (χ4v) is 1.82. The first-order valence-corrected chi connectivity index (χ1v) is 4.88. The van der Waals surface area contributed by atoms with Gasteiger partial charge in [0.15, 0.2) is 0 Å². The van der Waals surface area contributed by atoms with Gasteiger partial charge < -0.3 is 15.8 Å². The summed E-state index contributed by atoms with van der Waals surface area (Å²) in [6.07, 6.45) is 3.33. The molecule has 0 bridgehead atoms. The fourth-order valence-electron chi connectivity index (χ4n) is 1.82. The molecule has 0 aliphatic carbocycles. The van der Waals surface area contributed by atoms with Gasteiger partial charge in [0.25, 0.3) is 0 Å². The highest BCUT2D eigenvalue weighted by Gasteiger charge is 2.29. The van der Waals surface area contributed by atoms with Crippen LogP contribution in [0.3, 0.4) is 0 Å². The van der Waals surface area contributed by atoms with Crippen molar-refractivity contribution in [1.82, 2.24) is 5.32 Å². The van der Waals surface area contributed by atoms with Crippen molar-refractivity contribution in [2.75, 3.05) is 26.2 Å². The molecule has 12 heavy (non-hydrogen) atoms. The summed E-state index contributed by atoms with van der Waals surface area (Å²) in [6.45, 7) is 5.61. The van der Waals surface area contributed by atoms with Gasteiger partial charge in [0.2, 0.25) is 0 Å². The third-order valence-corrected chi connectivity index (χ3v) is 2.57. The SMILES string of the molecule is CCOC1(CN)CCCNCC1. The lowest BCUT2D eigenvalue weighted by Gasteiger charge is -2.30. The Morgan fingerprint density at radius 3 is 2.92 bits per heavy atom. The van der Waals surface area contributed by atoms with Gasteiger partial charge in [-0.25, -0.2) is 0 Å². The van der Waals surface area contributed by atoms with Crippen LogP contribution in [0, 0.1) is 0 Å². The van der Waals surface area contributed by atoms with Crippen LogP contribution < -0.4 is 11.1 Å². The standard InChI is InChI=1S/C9H20N2O/c1-2-12-9(8-10)4-3-6-11-7-5-9/h11H,2-8,10H2,1H3. The average molecular weight is 172 g/mol. The minimum atomic E-state index is -0.0295. The van der Waals surface area contributed by atoms with E-state index in [0.29, 0.717) is 6.54 Å². The molecule has 0 amide bonds. The zero-order valence-electron chi connectivity index (χ0n) is 7.94. The Bertz CT molecular complexity index is 120. The maximum Gasteiger partial charge on any atom is 0.0816 e. The second kappa shape index (κ2) is 4.80. The van der Waals surface area contributed by atoms with E-state index in [1.165, 1.54) is 6.42 Å². The van der Waals surface area contributed by atoms with Gasteiger partial charge in [-0.1, -0.05) is 0 Å². The molecule has 0 spiro atoms. The first-order valence-electron chi connectivity index (χ1n) is 4.88. The predicted molar refractivity (Wildman–Crippen MR) is 50.1 cm³/mol. The maximum atomic E-state index is 5.74. The normalized spacial score (nSPS) is 31.5. The number of rotatable bonds is 3. The van der Waals surface area contributed by atoms with E-state index in [1.54, 1.807) is 0 Å². The highest BCUT2D eigenvalue weighted by atomic mass is 16.5. The van der Waals surface area contributed by atoms with Crippen LogP contribution in [0.1, 0.15) is 26.2 Å². The number of hydrogen-bond acceptors (Lipinski definition) is 3. The molecule has 72 valence electrons. The molecule has 3 nitrogen and oxygen atoms in total. The van der Waals surface area contributed by atoms with Crippen molar-refractivity contribution in [3.8, 4) is 0 Å². The zero-order valence-corrected chi connectivity index (χ0v) is 7.94. The smallest absolute Gasteiger partial charge is 0.0816 e. The van der Waals surface area contributed by atoms with Crippen molar-refractivity contribution in [2.24, 2.45) is 5.73 Å². The largest absolute Gasteiger partial charge is 0.374 e. The average Bonchev–Trinajstić information content (AvgIpc) is 2.32. The van der Waals surface area contributed by atoms with E-state index >= 15 is 0 Å². The Morgan fingerprint density at radius 2 is 2.25 bits per heavy atom. The van der Waals surface area contributed by atoms with Crippen molar-refractivity contribution >= 4 is 0 Å². The fraction of sp³-hybridized carbons (Fsp3) is 1.00. The van der Waals surface area contributed by atoms with E-state index in [-0.39, 0.29) is 5.60 Å². The molecule has 1 heterocycles. The Hall–Kier alpha value is -0.120. The molecular formula is C9H20N2O. The van der Waals surface area contributed by atoms with Crippen LogP contribution >= 0.6 is 0 Å². The lowest BCUT2D eigenvalue weighted by Crippen LogP contribution is -2.41. The highest BCUT2D eigenvalue weighted by molar-refractivity contribution is 4.85. The molecule has 0 aromatic rings. The summed E-state index contributed by atoms with van der Waals surface area (Å²) in [5.74, 6) is 0. The van der Waals surface area contributed by atoms with Gasteiger partial charge in [-0.05, 0) is 39.3 Å². The first-order chi connectivity index (χ1) is 5.83. The summed E-state index contributed by atoms with van der Waals surface area (Å²) in [6, 6.07) is 0. The molecule has 1 aliphatic rings. The summed E-state index contributed by atoms with van der Waals surface area (Å²) in [5, 5.41) is 3.36. The van der Waals surface area contributed by atoms with E-state index in [1.807, 2.05) is 6.92 Å². The van der Waals surface area contributed by atoms with Gasteiger partial charge in [0.1, 0.15) is 0 Å². The zero-order chi connectivity index (χ0) is 8.86. The Balaban J connectivity index is 2.48. The van der Waals surface area contributed by atoms with Gasteiger partial charge in [0.05, 0.1) is 5.60 Å². The summed E-state index contributed by atoms with van der Waals surface area (Å²) in [5.41, 5.74) is 5.71. The van der Waals surface area contributed by atoms with Crippen molar-refractivity contribution < 1.29 is 4.74 Å². The van der Waals surface area contributed by atoms with Gasteiger partial charge in [0, 0.05) is 13.2 Å². The molecule has 1 aliphatic heterocycles. The number of nitrogens with two attached hydrogens (primary N) is 1. The lowest BCUT2D eigenvalue weighted by molar-refractivity contribution is -0.0406. The van der Waals surface area contributed by atoms with Gasteiger partial charge in [-0.15, -0.1) is 0 Å². The van der Waals surface area contributed by atoms with Crippen LogP contribution in [0.5, 0.6) is 0 Å². The predicted octanol–water partition coefficient (Wildman–Crippen LogP) is 0.494. The topological polar surface area (TPSA) is 47.3 Å². The second-order valence-electron chi connectivity index (χ2n) is 3.42. The Kier molecular flexibility index (Phi) is 3.98. The molecule has 0 radical (unpaired) electrons. The van der Waals surface area contributed by atoms with Crippen LogP contribution in [-0.2, 0) is 4.74 Å². The highest BCUT2D eigenvalue weighted by Crippen LogP contribution is 2.22. The molecule has 1 saturated heterocycles. The van der Waals surface area contributed by atoms with Crippen LogP contribution in [0.2, 0.25) is 0 Å². The van der Waals surface area contributed by atoms with Gasteiger partial charge >= 0.3 is 0 Å². The quantitative estimate of drug-likeness (QED) is 0.651. The molecule has 0 saturated carbocycles. The van der Waals surface area contributed by atoms with Crippen LogP contribution in [0.4, 0.5) is 0 Å². The van der Waals surface area contributed by atoms with Crippen molar-refractivity contribution in [3.05, 3.63) is 0 Å². The monoisotopic (exact) mass is 172 g/mol. The summed E-state index contributed by atoms with van der Waals surface area (Å²) >= 11 is 0. The number of hydrogen-bond donors (Lipinski definition) is 2. The molecule has 1 atom stereocenters. The van der Waals surface area contributed by atoms with E-state index < -0.39 is 0 Å². The molecule has 3 heteroatoms.